The molecule has 0 aliphatic heterocycles. The van der Waals surface area contributed by atoms with Crippen molar-refractivity contribution in [3.8, 4) is 0 Å². The summed E-state index contributed by atoms with van der Waals surface area (Å²) in [5, 5.41) is 20.5. The van der Waals surface area contributed by atoms with E-state index in [1.54, 1.807) is 27.7 Å². The molecule has 0 heterocycles. The summed E-state index contributed by atoms with van der Waals surface area (Å²) in [6, 6.07) is 0. The van der Waals surface area contributed by atoms with Crippen LogP contribution in [-0.4, -0.2) is 34.0 Å². The van der Waals surface area contributed by atoms with Gasteiger partial charge in [0.1, 0.15) is 0 Å². The van der Waals surface area contributed by atoms with Crippen LogP contribution in [0.25, 0.3) is 0 Å². The van der Waals surface area contributed by atoms with Crippen molar-refractivity contribution >= 4 is 5.97 Å². The molecule has 0 fully saturated rings. The third-order valence-electron chi connectivity index (χ3n) is 4.57. The number of hydrogen-bond donors (Lipinski definition) is 2. The van der Waals surface area contributed by atoms with E-state index in [1.807, 2.05) is 34.6 Å². The number of ether oxygens (including phenoxy) is 1. The Hall–Kier alpha value is -0.610. The number of esters is 1. The van der Waals surface area contributed by atoms with Crippen molar-refractivity contribution in [3.05, 3.63) is 0 Å². The first-order valence-electron chi connectivity index (χ1n) is 8.62. The number of carbonyl (C=O) groups excluding carboxylic acids is 1. The molecular formula is C19H38O4. The van der Waals surface area contributed by atoms with E-state index in [9.17, 15) is 15.0 Å². The van der Waals surface area contributed by atoms with E-state index in [0.29, 0.717) is 19.4 Å². The molecule has 0 amide bonds. The fourth-order valence-electron chi connectivity index (χ4n) is 2.50. The van der Waals surface area contributed by atoms with Gasteiger partial charge >= 0.3 is 5.97 Å². The van der Waals surface area contributed by atoms with Crippen molar-refractivity contribution in [2.75, 3.05) is 6.61 Å². The van der Waals surface area contributed by atoms with E-state index >= 15 is 0 Å². The predicted octanol–water partition coefficient (Wildman–Crippen LogP) is 3.93. The Morgan fingerprint density at radius 3 is 1.78 bits per heavy atom. The molecule has 0 saturated heterocycles. The molecule has 0 aromatic rings. The zero-order valence-corrected chi connectivity index (χ0v) is 16.6. The number of rotatable bonds is 9. The van der Waals surface area contributed by atoms with Gasteiger partial charge in [0.2, 0.25) is 0 Å². The molecule has 0 aromatic carbocycles. The topological polar surface area (TPSA) is 66.8 Å². The van der Waals surface area contributed by atoms with Crippen LogP contribution in [0.4, 0.5) is 0 Å². The third-order valence-corrected chi connectivity index (χ3v) is 4.57. The summed E-state index contributed by atoms with van der Waals surface area (Å²) in [6.07, 6.45) is 1.89. The average Bonchev–Trinajstić information content (AvgIpc) is 2.32. The Bertz CT molecular complexity index is 383. The lowest BCUT2D eigenvalue weighted by Gasteiger charge is -2.39. The van der Waals surface area contributed by atoms with Gasteiger partial charge in [0.15, 0.2) is 0 Å². The van der Waals surface area contributed by atoms with Gasteiger partial charge in [-0.2, -0.15) is 0 Å². The largest absolute Gasteiger partial charge is 0.465 e. The van der Waals surface area contributed by atoms with Gasteiger partial charge in [0.05, 0.1) is 23.2 Å². The molecule has 0 bridgehead atoms. The minimum absolute atomic E-state index is 0.0876. The van der Waals surface area contributed by atoms with Crippen LogP contribution in [0.15, 0.2) is 0 Å². The van der Waals surface area contributed by atoms with Crippen molar-refractivity contribution in [2.24, 2.45) is 16.7 Å². The quantitative estimate of drug-likeness (QED) is 0.629. The van der Waals surface area contributed by atoms with E-state index in [1.165, 1.54) is 0 Å². The summed E-state index contributed by atoms with van der Waals surface area (Å²) >= 11 is 0. The second kappa shape index (κ2) is 7.52. The van der Waals surface area contributed by atoms with Gasteiger partial charge in [-0.1, -0.05) is 20.8 Å². The predicted molar refractivity (Wildman–Crippen MR) is 94.1 cm³/mol. The molecule has 0 radical (unpaired) electrons. The second-order valence-electron chi connectivity index (χ2n) is 9.55. The third kappa shape index (κ3) is 8.71. The van der Waals surface area contributed by atoms with Crippen molar-refractivity contribution in [1.82, 2.24) is 0 Å². The van der Waals surface area contributed by atoms with E-state index in [0.717, 1.165) is 6.42 Å². The fourth-order valence-corrected chi connectivity index (χ4v) is 2.50. The molecule has 4 heteroatoms. The van der Waals surface area contributed by atoms with Crippen molar-refractivity contribution in [2.45, 2.75) is 92.8 Å². The Kier molecular flexibility index (Phi) is 7.32. The normalized spacial score (nSPS) is 15.4. The molecule has 0 aliphatic carbocycles. The highest BCUT2D eigenvalue weighted by Crippen LogP contribution is 2.37. The summed E-state index contributed by atoms with van der Waals surface area (Å²) in [5.41, 5.74) is -2.49. The Morgan fingerprint density at radius 2 is 1.43 bits per heavy atom. The second-order valence-corrected chi connectivity index (χ2v) is 9.55. The van der Waals surface area contributed by atoms with Crippen LogP contribution in [0.2, 0.25) is 0 Å². The molecule has 0 rings (SSSR count). The highest BCUT2D eigenvalue weighted by molar-refractivity contribution is 5.75. The molecule has 1 unspecified atom stereocenters. The summed E-state index contributed by atoms with van der Waals surface area (Å²) in [6.45, 7) is 17.2. The van der Waals surface area contributed by atoms with Crippen LogP contribution in [0.3, 0.4) is 0 Å². The molecule has 2 N–H and O–H groups in total. The first-order chi connectivity index (χ1) is 10.0. The molecule has 23 heavy (non-hydrogen) atoms. The van der Waals surface area contributed by atoms with Crippen molar-refractivity contribution in [1.29, 1.82) is 0 Å². The Labute approximate surface area is 142 Å². The molecule has 0 aliphatic rings. The highest BCUT2D eigenvalue weighted by atomic mass is 16.5. The van der Waals surface area contributed by atoms with Crippen molar-refractivity contribution in [3.63, 3.8) is 0 Å². The first kappa shape index (κ1) is 22.4. The monoisotopic (exact) mass is 330 g/mol. The van der Waals surface area contributed by atoms with E-state index < -0.39 is 16.6 Å². The number of aliphatic hydroxyl groups is 2. The van der Waals surface area contributed by atoms with Crippen LogP contribution in [0, 0.1) is 16.7 Å². The molecule has 4 nitrogen and oxygen atoms in total. The zero-order chi connectivity index (χ0) is 18.7. The molecule has 138 valence electrons. The number of hydrogen-bond acceptors (Lipinski definition) is 4. The van der Waals surface area contributed by atoms with Crippen LogP contribution in [-0.2, 0) is 9.53 Å². The Balaban J connectivity index is 4.89. The molecule has 0 aromatic heterocycles. The lowest BCUT2D eigenvalue weighted by molar-refractivity contribution is -0.158. The zero-order valence-electron chi connectivity index (χ0n) is 16.6. The summed E-state index contributed by atoms with van der Waals surface area (Å²) < 4.78 is 5.52. The lowest BCUT2D eigenvalue weighted by atomic mass is 9.72. The molecule has 1 atom stereocenters. The van der Waals surface area contributed by atoms with Crippen LogP contribution >= 0.6 is 0 Å². The number of carbonyl (C=O) groups is 1. The van der Waals surface area contributed by atoms with Gasteiger partial charge in [0.25, 0.3) is 0 Å². The maximum atomic E-state index is 12.1. The SMILES string of the molecule is CCC(C)(C)C(=O)OCC(C)(C)CC(CC(C)(C)O)C(C)(C)O. The fraction of sp³-hybridized carbons (Fsp3) is 0.947. The minimum atomic E-state index is -0.899. The maximum Gasteiger partial charge on any atom is 0.311 e. The molecule has 0 spiro atoms. The van der Waals surface area contributed by atoms with Crippen molar-refractivity contribution < 1.29 is 19.7 Å². The van der Waals surface area contributed by atoms with Gasteiger partial charge < -0.3 is 14.9 Å². The smallest absolute Gasteiger partial charge is 0.311 e. The summed E-state index contributed by atoms with van der Waals surface area (Å²) in [7, 11) is 0. The van der Waals surface area contributed by atoms with Gasteiger partial charge in [-0.3, -0.25) is 4.79 Å². The Morgan fingerprint density at radius 1 is 0.957 bits per heavy atom. The standard InChI is InChI=1S/C19H38O4/c1-10-17(4,5)15(20)23-13-16(2,3)11-14(19(8,9)22)12-18(6,7)21/h14,21-22H,10-13H2,1-9H3. The van der Waals surface area contributed by atoms with Gasteiger partial charge in [-0.05, 0) is 72.1 Å². The van der Waals surface area contributed by atoms with Crippen LogP contribution in [0.1, 0.15) is 81.6 Å². The van der Waals surface area contributed by atoms with Gasteiger partial charge in [-0.15, -0.1) is 0 Å². The first-order valence-corrected chi connectivity index (χ1v) is 8.62. The highest BCUT2D eigenvalue weighted by Gasteiger charge is 2.37. The van der Waals surface area contributed by atoms with E-state index in [-0.39, 0.29) is 17.3 Å². The maximum absolute atomic E-state index is 12.1. The van der Waals surface area contributed by atoms with Gasteiger partial charge in [0, 0.05) is 0 Å². The van der Waals surface area contributed by atoms with Crippen LogP contribution in [0.5, 0.6) is 0 Å². The summed E-state index contributed by atoms with van der Waals surface area (Å²) in [5.74, 6) is -0.272. The lowest BCUT2D eigenvalue weighted by Crippen LogP contribution is -2.40. The van der Waals surface area contributed by atoms with Gasteiger partial charge in [-0.25, -0.2) is 0 Å². The van der Waals surface area contributed by atoms with E-state index in [4.69, 9.17) is 4.74 Å². The molecular weight excluding hydrogens is 292 g/mol. The average molecular weight is 331 g/mol. The summed E-state index contributed by atoms with van der Waals surface area (Å²) in [4.78, 5) is 12.1. The van der Waals surface area contributed by atoms with Crippen LogP contribution < -0.4 is 0 Å². The molecule has 0 saturated carbocycles. The van der Waals surface area contributed by atoms with E-state index in [2.05, 4.69) is 0 Å². The minimum Gasteiger partial charge on any atom is -0.465 e.